The first-order valence-corrected chi connectivity index (χ1v) is 8.41. The molecule has 2 nitrogen and oxygen atoms in total. The minimum atomic E-state index is 0.411. The van der Waals surface area contributed by atoms with Gasteiger partial charge in [0.15, 0.2) is 0 Å². The number of rotatable bonds is 5. The molecule has 0 fully saturated rings. The summed E-state index contributed by atoms with van der Waals surface area (Å²) in [4.78, 5) is 0. The van der Waals surface area contributed by atoms with E-state index in [1.807, 2.05) is 11.6 Å². The van der Waals surface area contributed by atoms with Gasteiger partial charge in [-0.1, -0.05) is 57.4 Å². The average molecular weight is 356 g/mol. The monoisotopic (exact) mass is 354 g/mol. The van der Waals surface area contributed by atoms with Crippen LogP contribution in [0.15, 0.2) is 24.3 Å². The SMILES string of the molecule is CCn1nc(C)c(Cl)c1CC(CBr)c1cccc(C)c1. The van der Waals surface area contributed by atoms with Crippen molar-refractivity contribution in [2.24, 2.45) is 0 Å². The van der Waals surface area contributed by atoms with Crippen LogP contribution in [0.1, 0.15) is 35.4 Å². The van der Waals surface area contributed by atoms with Gasteiger partial charge in [-0.25, -0.2) is 0 Å². The molecule has 4 heteroatoms. The predicted molar refractivity (Wildman–Crippen MR) is 89.1 cm³/mol. The number of halogens is 2. The van der Waals surface area contributed by atoms with Crippen molar-refractivity contribution in [1.29, 1.82) is 0 Å². The Morgan fingerprint density at radius 1 is 1.35 bits per heavy atom. The van der Waals surface area contributed by atoms with E-state index in [0.29, 0.717) is 5.92 Å². The second-order valence-corrected chi connectivity index (χ2v) is 6.16. The van der Waals surface area contributed by atoms with Crippen molar-refractivity contribution in [3.8, 4) is 0 Å². The Bertz CT molecular complexity index is 592. The maximum atomic E-state index is 6.41. The Morgan fingerprint density at radius 2 is 2.10 bits per heavy atom. The zero-order chi connectivity index (χ0) is 14.7. The van der Waals surface area contributed by atoms with E-state index < -0.39 is 0 Å². The summed E-state index contributed by atoms with van der Waals surface area (Å²) in [5.41, 5.74) is 4.69. The van der Waals surface area contributed by atoms with Crippen LogP contribution in [0.5, 0.6) is 0 Å². The van der Waals surface area contributed by atoms with E-state index >= 15 is 0 Å². The lowest BCUT2D eigenvalue weighted by atomic mass is 9.95. The van der Waals surface area contributed by atoms with Crippen LogP contribution in [0.4, 0.5) is 0 Å². The van der Waals surface area contributed by atoms with Crippen molar-refractivity contribution in [3.63, 3.8) is 0 Å². The number of hydrogen-bond donors (Lipinski definition) is 0. The summed E-state index contributed by atoms with van der Waals surface area (Å²) in [5, 5.41) is 6.22. The molecule has 0 amide bonds. The van der Waals surface area contributed by atoms with E-state index in [9.17, 15) is 0 Å². The van der Waals surface area contributed by atoms with Gasteiger partial charge in [-0.15, -0.1) is 0 Å². The van der Waals surface area contributed by atoms with Crippen molar-refractivity contribution >= 4 is 27.5 Å². The fourth-order valence-electron chi connectivity index (χ4n) is 2.48. The van der Waals surface area contributed by atoms with Gasteiger partial charge in [0.25, 0.3) is 0 Å². The molecule has 0 radical (unpaired) electrons. The average Bonchev–Trinajstić information content (AvgIpc) is 2.71. The molecule has 1 heterocycles. The van der Waals surface area contributed by atoms with E-state index in [1.165, 1.54) is 11.1 Å². The summed E-state index contributed by atoms with van der Waals surface area (Å²) in [6.45, 7) is 7.05. The third-order valence-electron chi connectivity index (χ3n) is 3.59. The molecule has 0 aliphatic carbocycles. The molecule has 20 heavy (non-hydrogen) atoms. The predicted octanol–water partition coefficient (Wildman–Crippen LogP) is 4.89. The third-order valence-corrected chi connectivity index (χ3v) is 4.87. The lowest BCUT2D eigenvalue weighted by Crippen LogP contribution is -2.10. The number of aryl methyl sites for hydroxylation is 3. The molecule has 0 spiro atoms. The molecule has 2 rings (SSSR count). The van der Waals surface area contributed by atoms with Crippen LogP contribution in [-0.2, 0) is 13.0 Å². The van der Waals surface area contributed by atoms with Gasteiger partial charge in [-0.3, -0.25) is 4.68 Å². The molecule has 0 aliphatic heterocycles. The van der Waals surface area contributed by atoms with Gasteiger partial charge in [-0.2, -0.15) is 5.10 Å². The Kier molecular flexibility index (Phi) is 5.28. The van der Waals surface area contributed by atoms with E-state index in [1.54, 1.807) is 0 Å². The van der Waals surface area contributed by atoms with Crippen LogP contribution in [0.2, 0.25) is 5.02 Å². The Labute approximate surface area is 134 Å². The van der Waals surface area contributed by atoms with Gasteiger partial charge in [0, 0.05) is 11.9 Å². The highest BCUT2D eigenvalue weighted by atomic mass is 79.9. The standard InChI is InChI=1S/C16H20BrClN2/c1-4-20-15(16(18)12(3)19-20)9-14(10-17)13-7-5-6-11(2)8-13/h5-8,14H,4,9-10H2,1-3H3. The highest BCUT2D eigenvalue weighted by molar-refractivity contribution is 9.09. The van der Waals surface area contributed by atoms with Crippen molar-refractivity contribution in [2.75, 3.05) is 5.33 Å². The first-order valence-electron chi connectivity index (χ1n) is 6.91. The Hall–Kier alpha value is -0.800. The van der Waals surface area contributed by atoms with Crippen LogP contribution < -0.4 is 0 Å². The number of benzene rings is 1. The molecule has 0 saturated heterocycles. The molecule has 1 atom stereocenters. The van der Waals surface area contributed by atoms with Crippen LogP contribution in [0.25, 0.3) is 0 Å². The lowest BCUT2D eigenvalue weighted by Gasteiger charge is -2.16. The topological polar surface area (TPSA) is 17.8 Å². The maximum absolute atomic E-state index is 6.41. The highest BCUT2D eigenvalue weighted by Crippen LogP contribution is 2.29. The van der Waals surface area contributed by atoms with Gasteiger partial charge in [0.1, 0.15) is 0 Å². The summed E-state index contributed by atoms with van der Waals surface area (Å²) in [6.07, 6.45) is 0.905. The summed E-state index contributed by atoms with van der Waals surface area (Å²) in [7, 11) is 0. The largest absolute Gasteiger partial charge is 0.268 e. The summed E-state index contributed by atoms with van der Waals surface area (Å²) in [6, 6.07) is 8.68. The molecule has 2 aromatic rings. The minimum Gasteiger partial charge on any atom is -0.268 e. The zero-order valence-corrected chi connectivity index (χ0v) is 14.5. The van der Waals surface area contributed by atoms with E-state index in [4.69, 9.17) is 11.6 Å². The summed E-state index contributed by atoms with van der Waals surface area (Å²) < 4.78 is 2.02. The number of nitrogens with zero attached hydrogens (tertiary/aromatic N) is 2. The molecular formula is C16H20BrClN2. The Balaban J connectivity index is 2.31. The van der Waals surface area contributed by atoms with Gasteiger partial charge in [0.05, 0.1) is 16.4 Å². The van der Waals surface area contributed by atoms with E-state index in [0.717, 1.165) is 34.7 Å². The van der Waals surface area contributed by atoms with Gasteiger partial charge >= 0.3 is 0 Å². The van der Waals surface area contributed by atoms with Crippen molar-refractivity contribution in [3.05, 3.63) is 51.8 Å². The van der Waals surface area contributed by atoms with Crippen LogP contribution in [0.3, 0.4) is 0 Å². The summed E-state index contributed by atoms with van der Waals surface area (Å²) in [5.74, 6) is 0.411. The second kappa shape index (κ2) is 6.77. The zero-order valence-electron chi connectivity index (χ0n) is 12.2. The van der Waals surface area contributed by atoms with Crippen LogP contribution in [0, 0.1) is 13.8 Å². The van der Waals surface area contributed by atoms with Crippen molar-refractivity contribution in [2.45, 2.75) is 39.7 Å². The summed E-state index contributed by atoms with van der Waals surface area (Å²) >= 11 is 10.1. The Morgan fingerprint density at radius 3 is 2.70 bits per heavy atom. The third kappa shape index (κ3) is 3.26. The first kappa shape index (κ1) is 15.6. The molecule has 0 saturated carbocycles. The van der Waals surface area contributed by atoms with Gasteiger partial charge < -0.3 is 0 Å². The first-order chi connectivity index (χ1) is 9.56. The quantitative estimate of drug-likeness (QED) is 0.698. The molecule has 0 bridgehead atoms. The fourth-order valence-corrected chi connectivity index (χ4v) is 3.30. The molecule has 1 unspecified atom stereocenters. The van der Waals surface area contributed by atoms with Crippen molar-refractivity contribution in [1.82, 2.24) is 9.78 Å². The van der Waals surface area contributed by atoms with Crippen LogP contribution >= 0.6 is 27.5 Å². The normalized spacial score (nSPS) is 12.7. The lowest BCUT2D eigenvalue weighted by molar-refractivity contribution is 0.597. The van der Waals surface area contributed by atoms with Gasteiger partial charge in [-0.05, 0) is 38.7 Å². The van der Waals surface area contributed by atoms with E-state index in [-0.39, 0.29) is 0 Å². The van der Waals surface area contributed by atoms with Crippen LogP contribution in [-0.4, -0.2) is 15.1 Å². The number of alkyl halides is 1. The molecular weight excluding hydrogens is 336 g/mol. The molecule has 0 N–H and O–H groups in total. The van der Waals surface area contributed by atoms with Crippen molar-refractivity contribution < 1.29 is 0 Å². The molecule has 0 aliphatic rings. The highest BCUT2D eigenvalue weighted by Gasteiger charge is 2.18. The smallest absolute Gasteiger partial charge is 0.0847 e. The molecule has 1 aromatic heterocycles. The minimum absolute atomic E-state index is 0.411. The molecule has 1 aromatic carbocycles. The van der Waals surface area contributed by atoms with E-state index in [2.05, 4.69) is 59.1 Å². The number of aromatic nitrogens is 2. The van der Waals surface area contributed by atoms with Gasteiger partial charge in [0.2, 0.25) is 0 Å². The molecule has 108 valence electrons. The number of hydrogen-bond acceptors (Lipinski definition) is 1. The second-order valence-electron chi connectivity index (χ2n) is 5.13. The maximum Gasteiger partial charge on any atom is 0.0847 e. The fraction of sp³-hybridized carbons (Fsp3) is 0.438.